The smallest absolute Gasteiger partial charge is 0.268 e. The fraction of sp³-hybridized carbons (Fsp3) is 0.375. The van der Waals surface area contributed by atoms with Gasteiger partial charge in [0.15, 0.2) is 11.5 Å². The number of rotatable bonds is 6. The first-order valence-electron chi connectivity index (χ1n) is 7.03. The normalized spacial score (nSPS) is 10.4. The van der Waals surface area contributed by atoms with Crippen molar-refractivity contribution in [3.8, 4) is 11.5 Å². The third-order valence-corrected chi connectivity index (χ3v) is 3.25. The third kappa shape index (κ3) is 3.78. The van der Waals surface area contributed by atoms with Gasteiger partial charge >= 0.3 is 0 Å². The molecule has 0 N–H and O–H groups in total. The molecule has 0 radical (unpaired) electrons. The molecule has 1 aromatic carbocycles. The molecular formula is C16H21N3O3. The Morgan fingerprint density at radius 1 is 1.23 bits per heavy atom. The summed E-state index contributed by atoms with van der Waals surface area (Å²) < 4.78 is 12.3. The van der Waals surface area contributed by atoms with Gasteiger partial charge in [0.2, 0.25) is 0 Å². The van der Waals surface area contributed by atoms with Crippen LogP contribution in [0.3, 0.4) is 0 Å². The van der Waals surface area contributed by atoms with Crippen molar-refractivity contribution < 1.29 is 9.47 Å². The lowest BCUT2D eigenvalue weighted by atomic mass is 10.2. The fourth-order valence-corrected chi connectivity index (χ4v) is 1.97. The Morgan fingerprint density at radius 3 is 2.64 bits per heavy atom. The zero-order valence-electron chi connectivity index (χ0n) is 13.4. The van der Waals surface area contributed by atoms with Gasteiger partial charge in [-0.2, -0.15) is 5.10 Å². The molecule has 1 aromatic heterocycles. The van der Waals surface area contributed by atoms with Gasteiger partial charge in [-0.05, 0) is 24.6 Å². The van der Waals surface area contributed by atoms with Gasteiger partial charge < -0.3 is 14.4 Å². The van der Waals surface area contributed by atoms with Gasteiger partial charge in [-0.1, -0.05) is 6.07 Å². The van der Waals surface area contributed by atoms with Gasteiger partial charge in [-0.25, -0.2) is 4.68 Å². The van der Waals surface area contributed by atoms with Crippen molar-refractivity contribution >= 4 is 5.69 Å². The fourth-order valence-electron chi connectivity index (χ4n) is 1.97. The molecule has 6 heteroatoms. The summed E-state index contributed by atoms with van der Waals surface area (Å²) in [5, 5.41) is 4.14. The molecule has 22 heavy (non-hydrogen) atoms. The van der Waals surface area contributed by atoms with Crippen molar-refractivity contribution in [1.82, 2.24) is 9.78 Å². The lowest BCUT2D eigenvalue weighted by Crippen LogP contribution is -2.26. The van der Waals surface area contributed by atoms with Crippen LogP contribution in [0.25, 0.3) is 0 Å². The minimum absolute atomic E-state index is 0.148. The zero-order chi connectivity index (χ0) is 16.1. The molecule has 0 aliphatic carbocycles. The van der Waals surface area contributed by atoms with Crippen LogP contribution in [0, 0.1) is 6.92 Å². The number of benzene rings is 1. The van der Waals surface area contributed by atoms with Crippen molar-refractivity contribution in [2.45, 2.75) is 13.5 Å². The van der Waals surface area contributed by atoms with Crippen molar-refractivity contribution in [2.75, 3.05) is 32.7 Å². The summed E-state index contributed by atoms with van der Waals surface area (Å²) in [6, 6.07) is 7.28. The maximum atomic E-state index is 11.9. The highest BCUT2D eigenvalue weighted by Gasteiger charge is 2.06. The summed E-state index contributed by atoms with van der Waals surface area (Å²) in [6.45, 7) is 2.71. The number of aromatic nitrogens is 2. The van der Waals surface area contributed by atoms with E-state index in [4.69, 9.17) is 9.47 Å². The molecule has 0 aliphatic heterocycles. The van der Waals surface area contributed by atoms with Gasteiger partial charge in [0.25, 0.3) is 5.56 Å². The van der Waals surface area contributed by atoms with E-state index in [2.05, 4.69) is 5.10 Å². The van der Waals surface area contributed by atoms with Crippen LogP contribution < -0.4 is 19.9 Å². The Morgan fingerprint density at radius 2 is 2.00 bits per heavy atom. The van der Waals surface area contributed by atoms with Crippen LogP contribution in [0.1, 0.15) is 5.56 Å². The first-order valence-corrected chi connectivity index (χ1v) is 7.03. The molecule has 2 aromatic rings. The summed E-state index contributed by atoms with van der Waals surface area (Å²) >= 11 is 0. The molecule has 0 unspecified atom stereocenters. The lowest BCUT2D eigenvalue weighted by molar-refractivity contribution is 0.271. The second-order valence-corrected chi connectivity index (χ2v) is 5.17. The van der Waals surface area contributed by atoms with E-state index in [1.165, 1.54) is 4.68 Å². The largest absolute Gasteiger partial charge is 0.493 e. The van der Waals surface area contributed by atoms with E-state index in [1.54, 1.807) is 19.4 Å². The number of hydrogen-bond donors (Lipinski definition) is 0. The third-order valence-electron chi connectivity index (χ3n) is 3.25. The Hall–Kier alpha value is -2.50. The maximum absolute atomic E-state index is 11.9. The van der Waals surface area contributed by atoms with Gasteiger partial charge in [-0.15, -0.1) is 0 Å². The van der Waals surface area contributed by atoms with Crippen LogP contribution in [-0.4, -0.2) is 37.6 Å². The molecule has 6 nitrogen and oxygen atoms in total. The average molecular weight is 303 g/mol. The molecular weight excluding hydrogens is 282 g/mol. The topological polar surface area (TPSA) is 56.6 Å². The second-order valence-electron chi connectivity index (χ2n) is 5.17. The molecule has 1 heterocycles. The molecule has 0 aliphatic rings. The highest BCUT2D eigenvalue weighted by Crippen LogP contribution is 2.27. The molecule has 0 spiro atoms. The van der Waals surface area contributed by atoms with Gasteiger partial charge in [0.1, 0.15) is 6.61 Å². The first kappa shape index (κ1) is 15.9. The molecule has 0 fully saturated rings. The Labute approximate surface area is 129 Å². The number of methoxy groups -OCH3 is 1. The SMILES string of the molecule is COc1cc(C)ccc1OCCn1ncc(N(C)C)cc1=O. The first-order chi connectivity index (χ1) is 10.5. The van der Waals surface area contributed by atoms with E-state index >= 15 is 0 Å². The summed E-state index contributed by atoms with van der Waals surface area (Å²) in [6.07, 6.45) is 1.66. The van der Waals surface area contributed by atoms with Crippen LogP contribution in [-0.2, 0) is 6.54 Å². The van der Waals surface area contributed by atoms with E-state index in [-0.39, 0.29) is 5.56 Å². The van der Waals surface area contributed by atoms with Gasteiger partial charge in [-0.3, -0.25) is 4.79 Å². The van der Waals surface area contributed by atoms with E-state index in [0.29, 0.717) is 24.7 Å². The van der Waals surface area contributed by atoms with E-state index in [0.717, 1.165) is 11.3 Å². The summed E-state index contributed by atoms with van der Waals surface area (Å²) in [4.78, 5) is 13.8. The Balaban J connectivity index is 2.01. The molecule has 118 valence electrons. The molecule has 0 saturated heterocycles. The van der Waals surface area contributed by atoms with Crippen LogP contribution in [0.4, 0.5) is 5.69 Å². The van der Waals surface area contributed by atoms with Gasteiger partial charge in [0.05, 0.1) is 25.5 Å². The van der Waals surface area contributed by atoms with Crippen molar-refractivity contribution in [3.63, 3.8) is 0 Å². The number of nitrogens with zero attached hydrogens (tertiary/aromatic N) is 3. The van der Waals surface area contributed by atoms with Crippen LogP contribution in [0.5, 0.6) is 11.5 Å². The number of hydrogen-bond acceptors (Lipinski definition) is 5. The van der Waals surface area contributed by atoms with Crippen molar-refractivity contribution in [3.05, 3.63) is 46.4 Å². The van der Waals surface area contributed by atoms with Crippen LogP contribution in [0.15, 0.2) is 35.3 Å². The number of aryl methyl sites for hydroxylation is 1. The Kier molecular flexibility index (Phi) is 5.04. The summed E-state index contributed by atoms with van der Waals surface area (Å²) in [5.74, 6) is 1.34. The van der Waals surface area contributed by atoms with Crippen molar-refractivity contribution in [2.24, 2.45) is 0 Å². The zero-order valence-corrected chi connectivity index (χ0v) is 13.4. The quantitative estimate of drug-likeness (QED) is 0.813. The number of anilines is 1. The minimum Gasteiger partial charge on any atom is -0.493 e. The predicted octanol–water partition coefficient (Wildman–Crippen LogP) is 1.71. The standard InChI is InChI=1S/C16H21N3O3/c1-12-5-6-14(15(9-12)21-4)22-8-7-19-16(20)10-13(11-17-19)18(2)3/h5-6,9-11H,7-8H2,1-4H3. The molecule has 0 amide bonds. The van der Waals surface area contributed by atoms with E-state index < -0.39 is 0 Å². The average Bonchev–Trinajstić information content (AvgIpc) is 2.49. The van der Waals surface area contributed by atoms with Gasteiger partial charge in [0, 0.05) is 20.2 Å². The summed E-state index contributed by atoms with van der Waals surface area (Å²) in [5.41, 5.74) is 1.73. The second kappa shape index (κ2) is 6.98. The summed E-state index contributed by atoms with van der Waals surface area (Å²) in [7, 11) is 5.34. The maximum Gasteiger partial charge on any atom is 0.268 e. The molecule has 0 atom stereocenters. The molecule has 0 bridgehead atoms. The highest BCUT2D eigenvalue weighted by molar-refractivity contribution is 5.42. The van der Waals surface area contributed by atoms with Crippen LogP contribution >= 0.6 is 0 Å². The lowest BCUT2D eigenvalue weighted by Gasteiger charge is -2.13. The highest BCUT2D eigenvalue weighted by atomic mass is 16.5. The number of ether oxygens (including phenoxy) is 2. The molecule has 2 rings (SSSR count). The Bertz CT molecular complexity index is 695. The van der Waals surface area contributed by atoms with Crippen LogP contribution in [0.2, 0.25) is 0 Å². The predicted molar refractivity (Wildman–Crippen MR) is 86.1 cm³/mol. The minimum atomic E-state index is -0.148. The van der Waals surface area contributed by atoms with E-state index in [9.17, 15) is 4.79 Å². The van der Waals surface area contributed by atoms with E-state index in [1.807, 2.05) is 44.1 Å². The van der Waals surface area contributed by atoms with Crippen molar-refractivity contribution in [1.29, 1.82) is 0 Å². The monoisotopic (exact) mass is 303 g/mol. The molecule has 0 saturated carbocycles.